The summed E-state index contributed by atoms with van der Waals surface area (Å²) in [5.74, 6) is 0.722. The van der Waals surface area contributed by atoms with Crippen LogP contribution in [0.3, 0.4) is 0 Å². The lowest BCUT2D eigenvalue weighted by molar-refractivity contribution is -2.00. The first-order chi connectivity index (χ1) is 16.4. The summed E-state index contributed by atoms with van der Waals surface area (Å²) in [7, 11) is -8.59. The van der Waals surface area contributed by atoms with Crippen molar-refractivity contribution < 1.29 is 46.6 Å². The monoisotopic (exact) mass is 513 g/mol. The molecule has 2 heterocycles. The molecule has 0 saturated heterocycles. The first-order valence-corrected chi connectivity index (χ1v) is 13.0. The highest BCUT2D eigenvalue weighted by atomic mass is 35.7. The van der Waals surface area contributed by atoms with E-state index in [4.69, 9.17) is 23.4 Å². The molecule has 0 radical (unpaired) electrons. The third kappa shape index (κ3) is 5.35. The van der Waals surface area contributed by atoms with Gasteiger partial charge < -0.3 is 4.74 Å². The molecule has 1 aliphatic heterocycles. The number of para-hydroxylation sites is 1. The fourth-order valence-corrected chi connectivity index (χ4v) is 5.55. The van der Waals surface area contributed by atoms with Crippen molar-refractivity contribution in [3.05, 3.63) is 96.3 Å². The van der Waals surface area contributed by atoms with E-state index in [-0.39, 0.29) is 9.79 Å². The summed E-state index contributed by atoms with van der Waals surface area (Å²) in [6.45, 7) is 4.05. The molecule has 5 rings (SSSR count). The Morgan fingerprint density at radius 3 is 1.86 bits per heavy atom. The normalized spacial score (nSPS) is 13.5. The molecule has 1 aliphatic rings. The number of pyridine rings is 1. The molecule has 35 heavy (non-hydrogen) atoms. The zero-order valence-corrected chi connectivity index (χ0v) is 20.2. The van der Waals surface area contributed by atoms with E-state index < -0.39 is 20.1 Å². The van der Waals surface area contributed by atoms with Crippen molar-refractivity contribution in [1.82, 2.24) is 0 Å². The molecule has 0 atom stereocenters. The summed E-state index contributed by atoms with van der Waals surface area (Å²) < 4.78 is 68.3. The summed E-state index contributed by atoms with van der Waals surface area (Å²) in [6.07, 6.45) is 0. The van der Waals surface area contributed by atoms with Crippen molar-refractivity contribution in [2.45, 2.75) is 23.6 Å². The summed E-state index contributed by atoms with van der Waals surface area (Å²) >= 11 is 0. The van der Waals surface area contributed by atoms with E-state index in [1.807, 2.05) is 38.1 Å². The SMILES string of the molecule is Cc1cc(-c2ccccc2)cc(C)[n+]1-c1ccc2c(c1)S(=O)(=O)c1ccccc1O2.[O-][Cl+3]([O-])([O-])[O-]. The van der Waals surface area contributed by atoms with Crippen molar-refractivity contribution in [3.8, 4) is 28.3 Å². The van der Waals surface area contributed by atoms with Crippen LogP contribution in [0, 0.1) is 24.1 Å². The predicted molar refractivity (Wildman–Crippen MR) is 115 cm³/mol. The Hall–Kier alpha value is -3.31. The Kier molecular flexibility index (Phi) is 6.65. The van der Waals surface area contributed by atoms with Crippen LogP contribution >= 0.6 is 0 Å². The number of benzene rings is 3. The average molecular weight is 514 g/mol. The highest BCUT2D eigenvalue weighted by molar-refractivity contribution is 7.91. The Balaban J connectivity index is 0.000000527. The van der Waals surface area contributed by atoms with Gasteiger partial charge in [0.2, 0.25) is 15.5 Å². The van der Waals surface area contributed by atoms with Crippen molar-refractivity contribution >= 4 is 9.84 Å². The quantitative estimate of drug-likeness (QED) is 0.312. The molecule has 0 aliphatic carbocycles. The number of halogens is 1. The van der Waals surface area contributed by atoms with Gasteiger partial charge in [0.05, 0.1) is 0 Å². The number of sulfone groups is 1. The molecule has 10 heteroatoms. The second-order valence-electron chi connectivity index (χ2n) is 7.79. The van der Waals surface area contributed by atoms with Crippen LogP contribution in [0.2, 0.25) is 0 Å². The maximum Gasteiger partial charge on any atom is 0.214 e. The molecule has 8 nitrogen and oxygen atoms in total. The van der Waals surface area contributed by atoms with E-state index >= 15 is 0 Å². The summed E-state index contributed by atoms with van der Waals surface area (Å²) in [4.78, 5) is 0.393. The number of rotatable bonds is 2. The standard InChI is InChI=1S/C25H20NO3S.ClHO4/c1-17-14-20(19-8-4-3-5-9-19)15-18(2)26(17)21-12-13-23-25(16-21)30(27,28)24-11-7-6-10-22(24)29-23;2-1(3,4)5/h3-16H,1-2H3;(H,2,3,4,5)/q+1;/p-1. The second kappa shape index (κ2) is 9.38. The van der Waals surface area contributed by atoms with Crippen molar-refractivity contribution in [2.75, 3.05) is 0 Å². The Labute approximate surface area is 204 Å². The van der Waals surface area contributed by atoms with Crippen molar-refractivity contribution in [3.63, 3.8) is 0 Å². The van der Waals surface area contributed by atoms with Crippen LogP contribution in [-0.4, -0.2) is 8.42 Å². The largest absolute Gasteiger partial charge is 0.455 e. The third-order valence-corrected chi connectivity index (χ3v) is 7.19. The van der Waals surface area contributed by atoms with Crippen LogP contribution in [-0.2, 0) is 9.84 Å². The van der Waals surface area contributed by atoms with Gasteiger partial charge in [-0.05, 0) is 29.3 Å². The zero-order valence-electron chi connectivity index (χ0n) is 18.7. The molecule has 180 valence electrons. The van der Waals surface area contributed by atoms with Crippen LogP contribution in [0.25, 0.3) is 16.8 Å². The number of ether oxygens (including phenoxy) is 1. The number of fused-ring (bicyclic) bond motifs is 2. The number of aromatic nitrogens is 1. The fourth-order valence-electron chi connectivity index (χ4n) is 4.03. The van der Waals surface area contributed by atoms with Gasteiger partial charge in [-0.2, -0.15) is 4.57 Å². The van der Waals surface area contributed by atoms with E-state index in [9.17, 15) is 8.42 Å². The highest BCUT2D eigenvalue weighted by Gasteiger charge is 2.33. The fraction of sp³-hybridized carbons (Fsp3) is 0.0800. The lowest BCUT2D eigenvalue weighted by atomic mass is 10.0. The molecule has 4 aromatic rings. The number of hydrogen-bond acceptors (Lipinski definition) is 7. The minimum Gasteiger partial charge on any atom is -0.455 e. The van der Waals surface area contributed by atoms with Crippen LogP contribution in [0.4, 0.5) is 0 Å². The summed E-state index contributed by atoms with van der Waals surface area (Å²) in [5.41, 5.74) is 5.10. The molecule has 0 fully saturated rings. The number of nitrogens with zero attached hydrogens (tertiary/aromatic N) is 1. The maximum atomic E-state index is 13.2. The molecule has 0 spiro atoms. The lowest BCUT2D eigenvalue weighted by Gasteiger charge is -2.20. The molecule has 0 saturated carbocycles. The maximum absolute atomic E-state index is 13.2. The van der Waals surface area contributed by atoms with Crippen LogP contribution in [0.1, 0.15) is 11.4 Å². The van der Waals surface area contributed by atoms with Crippen molar-refractivity contribution in [1.29, 1.82) is 0 Å². The minimum atomic E-state index is -4.94. The molecular formula is C25H20ClNO7S. The lowest BCUT2D eigenvalue weighted by Crippen LogP contribution is -2.68. The first-order valence-electron chi connectivity index (χ1n) is 10.3. The van der Waals surface area contributed by atoms with Crippen LogP contribution in [0.5, 0.6) is 11.5 Å². The van der Waals surface area contributed by atoms with Gasteiger partial charge in [-0.15, -0.1) is 10.2 Å². The molecule has 0 bridgehead atoms. The van der Waals surface area contributed by atoms with E-state index in [1.54, 1.807) is 36.4 Å². The van der Waals surface area contributed by atoms with Gasteiger partial charge >= 0.3 is 0 Å². The van der Waals surface area contributed by atoms with Gasteiger partial charge in [0.1, 0.15) is 21.3 Å². The van der Waals surface area contributed by atoms with Crippen LogP contribution in [0.15, 0.2) is 94.7 Å². The average Bonchev–Trinajstić information content (AvgIpc) is 2.79. The number of aryl methyl sites for hydroxylation is 2. The first kappa shape index (κ1) is 24.8. The zero-order chi connectivity index (χ0) is 25.4. The molecular weight excluding hydrogens is 494 g/mol. The van der Waals surface area contributed by atoms with E-state index in [1.165, 1.54) is 0 Å². The third-order valence-electron chi connectivity index (χ3n) is 5.37. The molecule has 0 unspecified atom stereocenters. The van der Waals surface area contributed by atoms with Gasteiger partial charge in [0, 0.05) is 38.1 Å². The van der Waals surface area contributed by atoms with Crippen LogP contribution < -0.4 is 27.9 Å². The molecule has 0 amide bonds. The predicted octanol–water partition coefficient (Wildman–Crippen LogP) is 0.430. The minimum absolute atomic E-state index is 0.192. The van der Waals surface area contributed by atoms with Gasteiger partial charge in [0.15, 0.2) is 11.4 Å². The van der Waals surface area contributed by atoms with Crippen molar-refractivity contribution in [2.24, 2.45) is 0 Å². The highest BCUT2D eigenvalue weighted by Crippen LogP contribution is 2.42. The Morgan fingerprint density at radius 2 is 1.23 bits per heavy atom. The second-order valence-corrected chi connectivity index (χ2v) is 10.4. The summed E-state index contributed by atoms with van der Waals surface area (Å²) in [6, 6.07) is 26.5. The topological polar surface area (TPSA) is 139 Å². The summed E-state index contributed by atoms with van der Waals surface area (Å²) in [5, 5.41) is 0. The molecule has 1 aromatic heterocycles. The Bertz CT molecular complexity index is 1470. The van der Waals surface area contributed by atoms with Gasteiger partial charge in [0.25, 0.3) is 0 Å². The van der Waals surface area contributed by atoms with Gasteiger partial charge in [-0.3, -0.25) is 0 Å². The van der Waals surface area contributed by atoms with Gasteiger partial charge in [-0.1, -0.05) is 42.5 Å². The number of hydrogen-bond donors (Lipinski definition) is 0. The van der Waals surface area contributed by atoms with Gasteiger partial charge in [-0.25, -0.2) is 27.1 Å². The van der Waals surface area contributed by atoms with E-state index in [0.717, 1.165) is 28.2 Å². The van der Waals surface area contributed by atoms with E-state index in [0.29, 0.717) is 11.5 Å². The molecule has 3 aromatic carbocycles. The van der Waals surface area contributed by atoms with E-state index in [2.05, 4.69) is 28.8 Å². The Morgan fingerprint density at radius 1 is 0.686 bits per heavy atom. The molecule has 0 N–H and O–H groups in total. The smallest absolute Gasteiger partial charge is 0.214 e.